The van der Waals surface area contributed by atoms with Crippen molar-refractivity contribution in [3.05, 3.63) is 34.1 Å². The molecule has 0 bridgehead atoms. The lowest BCUT2D eigenvalue weighted by atomic mass is 9.99. The normalized spacial score (nSPS) is 22.2. The molecule has 1 aliphatic heterocycles. The number of rotatable bonds is 4. The first-order valence-corrected chi connectivity index (χ1v) is 7.87. The van der Waals surface area contributed by atoms with Crippen molar-refractivity contribution in [2.24, 2.45) is 5.73 Å². The third-order valence-electron chi connectivity index (χ3n) is 4.21. The maximum absolute atomic E-state index is 13.2. The quantitative estimate of drug-likeness (QED) is 0.911. The summed E-state index contributed by atoms with van der Waals surface area (Å²) in [4.78, 5) is 4.70. The molecule has 1 aliphatic rings. The van der Waals surface area contributed by atoms with E-state index in [1.807, 2.05) is 6.07 Å². The highest BCUT2D eigenvalue weighted by molar-refractivity contribution is 9.10. The molecule has 2 unspecified atom stereocenters. The van der Waals surface area contributed by atoms with E-state index in [0.29, 0.717) is 12.6 Å². The molecule has 1 saturated heterocycles. The number of nitrogens with two attached hydrogens (primary N) is 1. The van der Waals surface area contributed by atoms with Crippen molar-refractivity contribution in [3.63, 3.8) is 0 Å². The molecule has 1 aromatic carbocycles. The second-order valence-electron chi connectivity index (χ2n) is 5.64. The maximum atomic E-state index is 13.2. The zero-order valence-corrected chi connectivity index (χ0v) is 13.7. The van der Waals surface area contributed by atoms with Crippen LogP contribution in [0.15, 0.2) is 22.7 Å². The Kier molecular flexibility index (Phi) is 5.55. The first kappa shape index (κ1) is 15.9. The lowest BCUT2D eigenvalue weighted by molar-refractivity contribution is 0.101. The molecule has 20 heavy (non-hydrogen) atoms. The van der Waals surface area contributed by atoms with E-state index in [1.54, 1.807) is 0 Å². The fraction of sp³-hybridized carbons (Fsp3) is 0.600. The standard InChI is InChI=1S/C15H23BrFN3/c1-19-7-3-4-12(10-19)20(2)15(9-18)13-6-5-11(17)8-14(13)16/h5-6,8,12,15H,3-4,7,9-10,18H2,1-2H3. The summed E-state index contributed by atoms with van der Waals surface area (Å²) in [6.45, 7) is 2.75. The van der Waals surface area contributed by atoms with Crippen molar-refractivity contribution in [2.45, 2.75) is 24.9 Å². The summed E-state index contributed by atoms with van der Waals surface area (Å²) in [6, 6.07) is 5.46. The minimum Gasteiger partial charge on any atom is -0.329 e. The Morgan fingerprint density at radius 1 is 1.55 bits per heavy atom. The predicted octanol–water partition coefficient (Wildman–Crippen LogP) is 2.61. The number of hydrogen-bond acceptors (Lipinski definition) is 3. The largest absolute Gasteiger partial charge is 0.329 e. The van der Waals surface area contributed by atoms with Gasteiger partial charge >= 0.3 is 0 Å². The molecule has 2 rings (SSSR count). The van der Waals surface area contributed by atoms with Gasteiger partial charge in [0.25, 0.3) is 0 Å². The van der Waals surface area contributed by atoms with Crippen LogP contribution in [-0.2, 0) is 0 Å². The van der Waals surface area contributed by atoms with Crippen molar-refractivity contribution in [1.29, 1.82) is 0 Å². The van der Waals surface area contributed by atoms with E-state index in [2.05, 4.69) is 39.8 Å². The fourth-order valence-corrected chi connectivity index (χ4v) is 3.63. The average Bonchev–Trinajstić information content (AvgIpc) is 2.41. The lowest BCUT2D eigenvalue weighted by Crippen LogP contribution is -2.47. The summed E-state index contributed by atoms with van der Waals surface area (Å²) in [7, 11) is 4.28. The second kappa shape index (κ2) is 6.98. The predicted molar refractivity (Wildman–Crippen MR) is 84.2 cm³/mol. The molecule has 1 aromatic rings. The fourth-order valence-electron chi connectivity index (χ4n) is 3.01. The number of hydrogen-bond donors (Lipinski definition) is 1. The van der Waals surface area contributed by atoms with Gasteiger partial charge in [0.05, 0.1) is 0 Å². The first-order valence-electron chi connectivity index (χ1n) is 7.08. The van der Waals surface area contributed by atoms with Gasteiger partial charge in [-0.3, -0.25) is 4.90 Å². The van der Waals surface area contributed by atoms with E-state index in [-0.39, 0.29) is 11.9 Å². The van der Waals surface area contributed by atoms with Gasteiger partial charge in [-0.1, -0.05) is 22.0 Å². The summed E-state index contributed by atoms with van der Waals surface area (Å²) in [5.41, 5.74) is 7.04. The third kappa shape index (κ3) is 3.58. The molecular weight excluding hydrogens is 321 g/mol. The molecule has 0 aliphatic carbocycles. The Morgan fingerprint density at radius 3 is 2.90 bits per heavy atom. The van der Waals surface area contributed by atoms with Crippen LogP contribution >= 0.6 is 15.9 Å². The molecular formula is C15H23BrFN3. The smallest absolute Gasteiger partial charge is 0.124 e. The SMILES string of the molecule is CN1CCCC(N(C)C(CN)c2ccc(F)cc2Br)C1. The van der Waals surface area contributed by atoms with E-state index in [0.717, 1.165) is 23.1 Å². The highest BCUT2D eigenvalue weighted by Gasteiger charge is 2.27. The Balaban J connectivity index is 2.18. The van der Waals surface area contributed by atoms with Crippen LogP contribution in [0.2, 0.25) is 0 Å². The van der Waals surface area contributed by atoms with Gasteiger partial charge in [-0.25, -0.2) is 4.39 Å². The van der Waals surface area contributed by atoms with Crippen LogP contribution in [0.3, 0.4) is 0 Å². The molecule has 112 valence electrons. The van der Waals surface area contributed by atoms with E-state index >= 15 is 0 Å². The van der Waals surface area contributed by atoms with Crippen LogP contribution in [-0.4, -0.2) is 49.6 Å². The molecule has 3 nitrogen and oxygen atoms in total. The number of likely N-dealkylation sites (tertiary alicyclic amines) is 1. The second-order valence-corrected chi connectivity index (χ2v) is 6.50. The van der Waals surface area contributed by atoms with Gasteiger partial charge in [-0.05, 0) is 51.2 Å². The van der Waals surface area contributed by atoms with Gasteiger partial charge in [0, 0.05) is 29.6 Å². The van der Waals surface area contributed by atoms with Crippen LogP contribution in [0, 0.1) is 5.82 Å². The number of likely N-dealkylation sites (N-methyl/N-ethyl adjacent to an activating group) is 2. The zero-order valence-electron chi connectivity index (χ0n) is 12.1. The van der Waals surface area contributed by atoms with E-state index in [1.165, 1.54) is 25.0 Å². The Labute approximate surface area is 129 Å². The zero-order chi connectivity index (χ0) is 14.7. The monoisotopic (exact) mass is 343 g/mol. The topological polar surface area (TPSA) is 32.5 Å². The Morgan fingerprint density at radius 2 is 2.30 bits per heavy atom. The molecule has 0 aromatic heterocycles. The maximum Gasteiger partial charge on any atom is 0.124 e. The number of piperidine rings is 1. The Hall–Kier alpha value is -0.490. The van der Waals surface area contributed by atoms with Crippen molar-refractivity contribution in [3.8, 4) is 0 Å². The molecule has 0 saturated carbocycles. The minimum atomic E-state index is -0.226. The highest BCUT2D eigenvalue weighted by atomic mass is 79.9. The molecule has 2 N–H and O–H groups in total. The molecule has 0 radical (unpaired) electrons. The van der Waals surface area contributed by atoms with Crippen LogP contribution in [0.1, 0.15) is 24.4 Å². The van der Waals surface area contributed by atoms with Gasteiger partial charge in [0.2, 0.25) is 0 Å². The summed E-state index contributed by atoms with van der Waals surface area (Å²) in [5.74, 6) is -0.226. The summed E-state index contributed by atoms with van der Waals surface area (Å²) in [5, 5.41) is 0. The molecule has 1 heterocycles. The molecule has 0 amide bonds. The van der Waals surface area contributed by atoms with Crippen molar-refractivity contribution >= 4 is 15.9 Å². The van der Waals surface area contributed by atoms with Crippen molar-refractivity contribution < 1.29 is 4.39 Å². The van der Waals surface area contributed by atoms with Gasteiger partial charge in [0.15, 0.2) is 0 Å². The number of nitrogens with zero attached hydrogens (tertiary/aromatic N) is 2. The summed E-state index contributed by atoms with van der Waals surface area (Å²) in [6.07, 6.45) is 2.41. The van der Waals surface area contributed by atoms with Gasteiger partial charge in [-0.2, -0.15) is 0 Å². The van der Waals surface area contributed by atoms with E-state index < -0.39 is 0 Å². The van der Waals surface area contributed by atoms with E-state index in [4.69, 9.17) is 5.73 Å². The number of benzene rings is 1. The van der Waals surface area contributed by atoms with Gasteiger partial charge < -0.3 is 10.6 Å². The summed E-state index contributed by atoms with van der Waals surface area (Å²) < 4.78 is 14.0. The number of halogens is 2. The van der Waals surface area contributed by atoms with Gasteiger partial charge in [-0.15, -0.1) is 0 Å². The average molecular weight is 344 g/mol. The molecule has 5 heteroatoms. The van der Waals surface area contributed by atoms with E-state index in [9.17, 15) is 4.39 Å². The first-order chi connectivity index (χ1) is 9.52. The summed E-state index contributed by atoms with van der Waals surface area (Å²) >= 11 is 3.46. The van der Waals surface area contributed by atoms with Crippen LogP contribution in [0.25, 0.3) is 0 Å². The molecule has 1 fully saturated rings. The van der Waals surface area contributed by atoms with Crippen LogP contribution in [0.4, 0.5) is 4.39 Å². The highest BCUT2D eigenvalue weighted by Crippen LogP contribution is 2.30. The Bertz CT molecular complexity index is 455. The van der Waals surface area contributed by atoms with Gasteiger partial charge in [0.1, 0.15) is 5.82 Å². The van der Waals surface area contributed by atoms with Crippen molar-refractivity contribution in [1.82, 2.24) is 9.80 Å². The molecule has 2 atom stereocenters. The van der Waals surface area contributed by atoms with Crippen molar-refractivity contribution in [2.75, 3.05) is 33.7 Å². The minimum absolute atomic E-state index is 0.112. The molecule has 0 spiro atoms. The lowest BCUT2D eigenvalue weighted by Gasteiger charge is -2.40. The van der Waals surface area contributed by atoms with Crippen LogP contribution in [0.5, 0.6) is 0 Å². The third-order valence-corrected chi connectivity index (χ3v) is 4.90. The van der Waals surface area contributed by atoms with Crippen LogP contribution < -0.4 is 5.73 Å².